The predicted octanol–water partition coefficient (Wildman–Crippen LogP) is 16.9. The van der Waals surface area contributed by atoms with Crippen LogP contribution in [0.25, 0.3) is 0 Å². The van der Waals surface area contributed by atoms with Crippen molar-refractivity contribution < 1.29 is 28.6 Å². The van der Waals surface area contributed by atoms with Gasteiger partial charge >= 0.3 is 17.9 Å². The number of allylic oxidation sites excluding steroid dienone is 6. The van der Waals surface area contributed by atoms with Crippen LogP contribution in [0.4, 0.5) is 0 Å². The van der Waals surface area contributed by atoms with Gasteiger partial charge < -0.3 is 14.2 Å². The van der Waals surface area contributed by atoms with Crippen LogP contribution in [-0.4, -0.2) is 37.2 Å². The first-order valence-corrected chi connectivity index (χ1v) is 26.0. The van der Waals surface area contributed by atoms with Gasteiger partial charge in [0.05, 0.1) is 0 Å². The van der Waals surface area contributed by atoms with Crippen LogP contribution >= 0.6 is 0 Å². The summed E-state index contributed by atoms with van der Waals surface area (Å²) < 4.78 is 16.8. The van der Waals surface area contributed by atoms with E-state index in [1.165, 1.54) is 154 Å². The molecule has 0 spiro atoms. The van der Waals surface area contributed by atoms with Crippen LogP contribution < -0.4 is 0 Å². The summed E-state index contributed by atoms with van der Waals surface area (Å²) >= 11 is 0. The molecular weight excluding hydrogens is 745 g/mol. The van der Waals surface area contributed by atoms with Crippen molar-refractivity contribution in [2.24, 2.45) is 0 Å². The Hall–Kier alpha value is -2.37. The summed E-state index contributed by atoms with van der Waals surface area (Å²) in [6, 6.07) is 0. The predicted molar refractivity (Wildman–Crippen MR) is 256 cm³/mol. The average molecular weight is 843 g/mol. The van der Waals surface area contributed by atoms with Crippen molar-refractivity contribution >= 4 is 17.9 Å². The van der Waals surface area contributed by atoms with Gasteiger partial charge in [0.15, 0.2) is 6.10 Å². The van der Waals surface area contributed by atoms with Crippen molar-refractivity contribution in [3.8, 4) is 0 Å². The van der Waals surface area contributed by atoms with E-state index in [9.17, 15) is 14.4 Å². The summed E-state index contributed by atoms with van der Waals surface area (Å²) in [5, 5.41) is 0. The first-order chi connectivity index (χ1) is 29.5. The summed E-state index contributed by atoms with van der Waals surface area (Å²) in [7, 11) is 0. The molecule has 0 fully saturated rings. The van der Waals surface area contributed by atoms with Gasteiger partial charge in [-0.3, -0.25) is 14.4 Å². The van der Waals surface area contributed by atoms with Gasteiger partial charge in [-0.1, -0.05) is 218 Å². The minimum atomic E-state index is -0.773. The molecule has 0 aliphatic carbocycles. The number of carbonyl (C=O) groups excluding carboxylic acids is 3. The van der Waals surface area contributed by atoms with E-state index >= 15 is 0 Å². The Morgan fingerprint density at radius 1 is 0.350 bits per heavy atom. The van der Waals surface area contributed by atoms with Crippen molar-refractivity contribution in [1.29, 1.82) is 0 Å². The van der Waals surface area contributed by atoms with E-state index in [0.717, 1.165) is 77.0 Å². The van der Waals surface area contributed by atoms with Gasteiger partial charge in [-0.25, -0.2) is 0 Å². The van der Waals surface area contributed by atoms with Crippen LogP contribution in [0.15, 0.2) is 36.5 Å². The third-order valence-corrected chi connectivity index (χ3v) is 11.4. The molecule has 0 saturated heterocycles. The van der Waals surface area contributed by atoms with E-state index in [2.05, 4.69) is 57.2 Å². The van der Waals surface area contributed by atoms with Crippen molar-refractivity contribution in [2.45, 2.75) is 277 Å². The fraction of sp³-hybridized carbons (Fsp3) is 0.833. The second-order valence-electron chi connectivity index (χ2n) is 17.4. The molecule has 0 saturated carbocycles. The van der Waals surface area contributed by atoms with E-state index in [1.807, 2.05) is 0 Å². The quantitative estimate of drug-likeness (QED) is 0.0263. The lowest BCUT2D eigenvalue weighted by Gasteiger charge is -2.18. The maximum absolute atomic E-state index is 12.8. The second kappa shape index (κ2) is 49.3. The van der Waals surface area contributed by atoms with Crippen LogP contribution in [0.3, 0.4) is 0 Å². The molecule has 0 bridgehead atoms. The molecule has 0 rings (SSSR count). The van der Waals surface area contributed by atoms with E-state index in [-0.39, 0.29) is 31.1 Å². The highest BCUT2D eigenvalue weighted by atomic mass is 16.6. The van der Waals surface area contributed by atoms with Crippen molar-refractivity contribution in [3.05, 3.63) is 36.5 Å². The molecule has 0 aromatic heterocycles. The summed E-state index contributed by atoms with van der Waals surface area (Å²) in [4.78, 5) is 37.9. The molecular formula is C54H98O6. The number of rotatable bonds is 47. The lowest BCUT2D eigenvalue weighted by Crippen LogP contribution is -2.30. The molecule has 0 aromatic carbocycles. The number of unbranched alkanes of at least 4 members (excludes halogenated alkanes) is 30. The van der Waals surface area contributed by atoms with E-state index in [1.54, 1.807) is 0 Å². The summed E-state index contributed by atoms with van der Waals surface area (Å²) in [6.45, 7) is 6.53. The number of ether oxygens (including phenoxy) is 3. The van der Waals surface area contributed by atoms with Gasteiger partial charge in [0, 0.05) is 19.3 Å². The van der Waals surface area contributed by atoms with Crippen LogP contribution in [-0.2, 0) is 28.6 Å². The highest BCUT2D eigenvalue weighted by Gasteiger charge is 2.19. The Morgan fingerprint density at radius 2 is 0.650 bits per heavy atom. The highest BCUT2D eigenvalue weighted by molar-refractivity contribution is 5.71. The fourth-order valence-corrected chi connectivity index (χ4v) is 7.48. The molecule has 0 aliphatic heterocycles. The first kappa shape index (κ1) is 57.6. The average Bonchev–Trinajstić information content (AvgIpc) is 3.24. The number of carbonyl (C=O) groups is 3. The summed E-state index contributed by atoms with van der Waals surface area (Å²) in [6.07, 6.45) is 57.0. The molecule has 60 heavy (non-hydrogen) atoms. The molecule has 0 aromatic rings. The first-order valence-electron chi connectivity index (χ1n) is 26.0. The van der Waals surface area contributed by atoms with Crippen molar-refractivity contribution in [1.82, 2.24) is 0 Å². The van der Waals surface area contributed by atoms with Crippen LogP contribution in [0.5, 0.6) is 0 Å². The number of hydrogen-bond acceptors (Lipinski definition) is 6. The van der Waals surface area contributed by atoms with Crippen LogP contribution in [0.2, 0.25) is 0 Å². The van der Waals surface area contributed by atoms with Gasteiger partial charge in [0.1, 0.15) is 13.2 Å². The van der Waals surface area contributed by atoms with Gasteiger partial charge in [0.25, 0.3) is 0 Å². The van der Waals surface area contributed by atoms with Gasteiger partial charge in [-0.15, -0.1) is 0 Å². The zero-order valence-corrected chi connectivity index (χ0v) is 40.0. The van der Waals surface area contributed by atoms with E-state index in [0.29, 0.717) is 19.3 Å². The monoisotopic (exact) mass is 843 g/mol. The topological polar surface area (TPSA) is 78.9 Å². The Bertz CT molecular complexity index is 1020. The standard InChI is InChI=1S/C54H98O6/c1-4-7-10-13-16-19-22-24-26-27-28-30-32-35-38-41-44-47-53(56)59-50-51(49-58-52(55)46-43-40-37-34-31-21-18-15-12-9-6-3)60-54(57)48-45-42-39-36-33-29-25-23-20-17-14-11-8-5-2/h8,11,17,20,24,26,51H,4-7,9-10,12-16,18-19,21-23,25,27-50H2,1-3H3/b11-8-,20-17-,26-24-. The number of hydrogen-bond donors (Lipinski definition) is 0. The Labute approximate surface area is 372 Å². The van der Waals surface area contributed by atoms with Crippen LogP contribution in [0, 0.1) is 0 Å². The van der Waals surface area contributed by atoms with Gasteiger partial charge in [0.2, 0.25) is 0 Å². The Kier molecular flexibility index (Phi) is 47.3. The molecule has 0 radical (unpaired) electrons. The minimum absolute atomic E-state index is 0.0740. The summed E-state index contributed by atoms with van der Waals surface area (Å²) in [5.74, 6) is -0.878. The SMILES string of the molecule is CC/C=C\C/C=C\CCCCCCCCCC(=O)OC(COC(=O)CCCCCCCCC/C=C\CCCCCCCC)COC(=O)CCCCCCCCCCCCC. The molecule has 0 amide bonds. The minimum Gasteiger partial charge on any atom is -0.462 e. The maximum atomic E-state index is 12.8. The summed E-state index contributed by atoms with van der Waals surface area (Å²) in [5.41, 5.74) is 0. The van der Waals surface area contributed by atoms with Crippen molar-refractivity contribution in [2.75, 3.05) is 13.2 Å². The largest absolute Gasteiger partial charge is 0.462 e. The van der Waals surface area contributed by atoms with Gasteiger partial charge in [-0.05, 0) is 70.6 Å². The third kappa shape index (κ3) is 46.7. The zero-order chi connectivity index (χ0) is 43.7. The van der Waals surface area contributed by atoms with E-state index < -0.39 is 6.10 Å². The molecule has 1 atom stereocenters. The lowest BCUT2D eigenvalue weighted by atomic mass is 10.1. The molecule has 0 N–H and O–H groups in total. The second-order valence-corrected chi connectivity index (χ2v) is 17.4. The normalized spacial score (nSPS) is 12.2. The molecule has 350 valence electrons. The Morgan fingerprint density at radius 3 is 1.02 bits per heavy atom. The molecule has 6 nitrogen and oxygen atoms in total. The van der Waals surface area contributed by atoms with Crippen molar-refractivity contribution in [3.63, 3.8) is 0 Å². The molecule has 6 heteroatoms. The molecule has 0 aliphatic rings. The third-order valence-electron chi connectivity index (χ3n) is 11.4. The Balaban J connectivity index is 4.34. The maximum Gasteiger partial charge on any atom is 0.306 e. The fourth-order valence-electron chi connectivity index (χ4n) is 7.48. The zero-order valence-electron chi connectivity index (χ0n) is 40.0. The highest BCUT2D eigenvalue weighted by Crippen LogP contribution is 2.15. The molecule has 0 heterocycles. The van der Waals surface area contributed by atoms with E-state index in [4.69, 9.17) is 14.2 Å². The number of esters is 3. The lowest BCUT2D eigenvalue weighted by molar-refractivity contribution is -0.167. The van der Waals surface area contributed by atoms with Gasteiger partial charge in [-0.2, -0.15) is 0 Å². The van der Waals surface area contributed by atoms with Crippen LogP contribution in [0.1, 0.15) is 271 Å². The molecule has 1 unspecified atom stereocenters. The smallest absolute Gasteiger partial charge is 0.306 e.